The number of aliphatic imine (C=N–C) groups is 1. The number of para-hydroxylation sites is 1. The summed E-state index contributed by atoms with van der Waals surface area (Å²) in [6, 6.07) is 21.0. The summed E-state index contributed by atoms with van der Waals surface area (Å²) in [5, 5.41) is 0. The number of benzene rings is 3. The lowest BCUT2D eigenvalue weighted by Crippen LogP contribution is -2.21. The monoisotopic (exact) mass is 846 g/mol. The first kappa shape index (κ1) is 48.3. The van der Waals surface area contributed by atoms with Gasteiger partial charge in [-0.3, -0.25) is 4.55 Å². The minimum atomic E-state index is -4.49. The first-order valence-corrected chi connectivity index (χ1v) is 24.3. The number of hydrogen-bond acceptors (Lipinski definition) is 12. The number of nitrogens with zero attached hydrogens (tertiary/aromatic N) is 5. The molecule has 0 radical (unpaired) electrons. The lowest BCUT2D eigenvalue weighted by Gasteiger charge is -2.22. The predicted octanol–water partition coefficient (Wildman–Crippen LogP) is 8.32. The van der Waals surface area contributed by atoms with E-state index in [1.54, 1.807) is 24.3 Å². The summed E-state index contributed by atoms with van der Waals surface area (Å²) >= 11 is 0. The molecule has 0 saturated heterocycles. The highest BCUT2D eigenvalue weighted by Gasteiger charge is 2.15. The van der Waals surface area contributed by atoms with E-state index in [9.17, 15) is 21.4 Å². The molecular weight excluding hydrogens is 789 g/mol. The SMILES string of the molecule is CCN(CC)c1ccc(N)c(SS(=O)(=O)O)c1.CCN(CC)c1ccc(N=C2C=CC(=[N+](CC)CC)C=C2)c(SS(=O)(=O)[O-])c1.CCN(CC)c1ccccc1. The fourth-order valence-electron chi connectivity index (χ4n) is 5.74. The fraction of sp³-hybridized carbons (Fsp3) is 0.400. The quantitative estimate of drug-likeness (QED) is 0.0467. The largest absolute Gasteiger partial charge is 0.739 e. The Labute approximate surface area is 342 Å². The summed E-state index contributed by atoms with van der Waals surface area (Å²) in [6.45, 7) is 23.8. The van der Waals surface area contributed by atoms with Gasteiger partial charge in [-0.25, -0.2) is 18.0 Å². The first-order valence-electron chi connectivity index (χ1n) is 18.8. The molecule has 1 aliphatic rings. The maximum Gasteiger partial charge on any atom is 0.324 e. The van der Waals surface area contributed by atoms with Crippen molar-refractivity contribution in [3.8, 4) is 0 Å². The Bertz CT molecular complexity index is 2000. The number of nitrogens with two attached hydrogens (primary N) is 1. The third-order valence-electron chi connectivity index (χ3n) is 8.70. The molecule has 3 N–H and O–H groups in total. The molecular formula is C40H58N6O6S4. The molecule has 0 unspecified atom stereocenters. The van der Waals surface area contributed by atoms with Crippen LogP contribution in [-0.4, -0.2) is 94.3 Å². The molecule has 0 bridgehead atoms. The topological polar surface area (TPSA) is 163 Å². The van der Waals surface area contributed by atoms with Gasteiger partial charge in [0.1, 0.15) is 13.1 Å². The molecule has 16 heteroatoms. The number of rotatable bonds is 16. The van der Waals surface area contributed by atoms with Gasteiger partial charge in [0.05, 0.1) is 16.3 Å². The van der Waals surface area contributed by atoms with Crippen LogP contribution in [0.4, 0.5) is 28.4 Å². The normalized spacial score (nSPS) is 12.2. The van der Waals surface area contributed by atoms with Crippen molar-refractivity contribution < 1.29 is 30.5 Å². The first-order chi connectivity index (χ1) is 26.6. The molecule has 0 heterocycles. The zero-order valence-electron chi connectivity index (χ0n) is 33.8. The second kappa shape index (κ2) is 24.1. The highest BCUT2D eigenvalue weighted by atomic mass is 33.2. The summed E-state index contributed by atoms with van der Waals surface area (Å²) in [5.41, 5.74) is 11.4. The van der Waals surface area contributed by atoms with Crippen molar-refractivity contribution in [3.63, 3.8) is 0 Å². The summed E-state index contributed by atoms with van der Waals surface area (Å²) in [5.74, 6) is 0. The van der Waals surface area contributed by atoms with Gasteiger partial charge in [0, 0.05) is 89.9 Å². The van der Waals surface area contributed by atoms with Crippen molar-refractivity contribution in [1.29, 1.82) is 0 Å². The van der Waals surface area contributed by atoms with Crippen molar-refractivity contribution >= 4 is 79.7 Å². The Kier molecular flexibility index (Phi) is 20.8. The molecule has 56 heavy (non-hydrogen) atoms. The van der Waals surface area contributed by atoms with Gasteiger partial charge in [-0.2, -0.15) is 8.42 Å². The summed E-state index contributed by atoms with van der Waals surface area (Å²) in [6.07, 6.45) is 7.78. The highest BCUT2D eigenvalue weighted by molar-refractivity contribution is 8.70. The lowest BCUT2D eigenvalue weighted by molar-refractivity contribution is -0.519. The fourth-order valence-corrected chi connectivity index (χ4v) is 9.07. The molecule has 3 aromatic rings. The molecule has 1 aliphatic carbocycles. The lowest BCUT2D eigenvalue weighted by atomic mass is 10.1. The molecule has 0 fully saturated rings. The zero-order valence-corrected chi connectivity index (χ0v) is 37.0. The summed E-state index contributed by atoms with van der Waals surface area (Å²) in [4.78, 5) is 11.7. The van der Waals surface area contributed by atoms with E-state index in [-0.39, 0.29) is 0 Å². The predicted molar refractivity (Wildman–Crippen MR) is 239 cm³/mol. The molecule has 3 aromatic carbocycles. The van der Waals surface area contributed by atoms with E-state index in [0.717, 1.165) is 69.4 Å². The molecule has 0 atom stereocenters. The molecule has 0 aromatic heterocycles. The van der Waals surface area contributed by atoms with Crippen LogP contribution < -0.4 is 20.4 Å². The van der Waals surface area contributed by atoms with Crippen molar-refractivity contribution in [1.82, 2.24) is 0 Å². The van der Waals surface area contributed by atoms with Gasteiger partial charge in [0.25, 0.3) is 0 Å². The zero-order chi connectivity index (χ0) is 41.9. The van der Waals surface area contributed by atoms with Gasteiger partial charge < -0.3 is 25.0 Å². The number of allylic oxidation sites excluding steroid dienone is 4. The second-order valence-electron chi connectivity index (χ2n) is 12.0. The molecule has 308 valence electrons. The van der Waals surface area contributed by atoms with Crippen LogP contribution in [0.15, 0.2) is 106 Å². The maximum absolute atomic E-state index is 11.4. The van der Waals surface area contributed by atoms with Crippen LogP contribution >= 0.6 is 21.6 Å². The van der Waals surface area contributed by atoms with Crippen LogP contribution in [0.1, 0.15) is 55.4 Å². The van der Waals surface area contributed by atoms with E-state index in [0.29, 0.717) is 48.5 Å². The Hall–Kier alpha value is -3.80. The third kappa shape index (κ3) is 16.4. The van der Waals surface area contributed by atoms with Gasteiger partial charge in [-0.05, 0) is 127 Å². The van der Waals surface area contributed by atoms with Crippen LogP contribution in [0, 0.1) is 0 Å². The highest BCUT2D eigenvalue weighted by Crippen LogP contribution is 2.36. The van der Waals surface area contributed by atoms with Gasteiger partial charge in [-0.15, -0.1) is 0 Å². The third-order valence-corrected chi connectivity index (χ3v) is 12.5. The Morgan fingerprint density at radius 3 is 1.55 bits per heavy atom. The van der Waals surface area contributed by atoms with Crippen molar-refractivity contribution in [3.05, 3.63) is 91.0 Å². The van der Waals surface area contributed by atoms with Gasteiger partial charge in [0.2, 0.25) is 0 Å². The van der Waals surface area contributed by atoms with E-state index in [1.165, 1.54) is 5.69 Å². The minimum absolute atomic E-state index is 0.302. The van der Waals surface area contributed by atoms with Crippen LogP contribution in [-0.2, 0) is 18.3 Å². The molecule has 0 saturated carbocycles. The van der Waals surface area contributed by atoms with Gasteiger partial charge >= 0.3 is 9.15 Å². The van der Waals surface area contributed by atoms with Crippen molar-refractivity contribution in [2.24, 2.45) is 4.99 Å². The van der Waals surface area contributed by atoms with Crippen LogP contribution in [0.3, 0.4) is 0 Å². The van der Waals surface area contributed by atoms with E-state index >= 15 is 0 Å². The standard InChI is InChI=1S/C20H27N3O3S2.C10H16N2O3S2.C10H15N/c1-5-22(6-2)17-11-9-16(10-12-17)21-19-14-13-18(23(7-3)8-4)15-20(19)27-28(24,25)26;1-3-12(4-2)8-5-6-9(11)10(7-8)16-17(13,14)15;1-3-11(4-2)10-8-6-5-7-9-10/h9-15H,5-8H2,1-4H3;5-7H,3-4,11H2,1-2H3,(H,13,14,15);5-9H,3-4H2,1-2H3. The summed E-state index contributed by atoms with van der Waals surface area (Å²) < 4.78 is 66.8. The minimum Gasteiger partial charge on any atom is -0.739 e. The van der Waals surface area contributed by atoms with Crippen LogP contribution in [0.2, 0.25) is 0 Å². The summed E-state index contributed by atoms with van der Waals surface area (Å²) in [7, 11) is -7.97. The van der Waals surface area contributed by atoms with E-state index in [1.807, 2.05) is 70.2 Å². The number of nitrogen functional groups attached to an aromatic ring is 1. The molecule has 12 nitrogen and oxygen atoms in total. The second-order valence-corrected chi connectivity index (χ2v) is 18.4. The van der Waals surface area contributed by atoms with Gasteiger partial charge in [-0.1, -0.05) is 18.2 Å². The van der Waals surface area contributed by atoms with Gasteiger partial charge in [0.15, 0.2) is 14.9 Å². The molecule has 0 amide bonds. The Morgan fingerprint density at radius 2 is 1.11 bits per heavy atom. The Morgan fingerprint density at radius 1 is 0.643 bits per heavy atom. The van der Waals surface area contributed by atoms with Crippen molar-refractivity contribution in [2.75, 3.05) is 72.8 Å². The van der Waals surface area contributed by atoms with Crippen molar-refractivity contribution in [2.45, 2.75) is 65.2 Å². The smallest absolute Gasteiger partial charge is 0.324 e. The van der Waals surface area contributed by atoms with E-state index in [4.69, 9.17) is 10.3 Å². The van der Waals surface area contributed by atoms with E-state index < -0.39 is 18.3 Å². The number of hydrogen-bond donors (Lipinski definition) is 2. The van der Waals surface area contributed by atoms with Crippen LogP contribution in [0.25, 0.3) is 0 Å². The number of anilines is 4. The maximum atomic E-state index is 11.4. The van der Waals surface area contributed by atoms with Crippen LogP contribution in [0.5, 0.6) is 0 Å². The van der Waals surface area contributed by atoms with E-state index in [2.05, 4.69) is 76.2 Å². The molecule has 0 aliphatic heterocycles. The average Bonchev–Trinajstić information content (AvgIpc) is 3.16. The molecule has 0 spiro atoms. The Balaban J connectivity index is 0.000000326. The average molecular weight is 847 g/mol. The molecule has 4 rings (SSSR count).